The summed E-state index contributed by atoms with van der Waals surface area (Å²) in [5.74, 6) is -0.812. The molecule has 0 aliphatic carbocycles. The Balaban J connectivity index is 1.58. The van der Waals surface area contributed by atoms with Crippen LogP contribution in [-0.4, -0.2) is 57.7 Å². The lowest BCUT2D eigenvalue weighted by Gasteiger charge is -2.28. The molecule has 1 aromatic carbocycles. The highest BCUT2D eigenvalue weighted by atomic mass is 16.5. The average molecular weight is 441 g/mol. The zero-order chi connectivity index (χ0) is 23.5. The van der Waals surface area contributed by atoms with Crippen LogP contribution in [0, 0.1) is 5.41 Å². The molecule has 1 aliphatic heterocycles. The minimum absolute atomic E-state index is 0.0526. The summed E-state index contributed by atoms with van der Waals surface area (Å²) in [4.78, 5) is 36.6. The van der Waals surface area contributed by atoms with Gasteiger partial charge in [-0.15, -0.1) is 5.10 Å². The van der Waals surface area contributed by atoms with Crippen LogP contribution in [0.25, 0.3) is 0 Å². The van der Waals surface area contributed by atoms with E-state index in [4.69, 9.17) is 10.4 Å². The Morgan fingerprint density at radius 2 is 2.12 bits per heavy atom. The monoisotopic (exact) mass is 441 g/mol. The van der Waals surface area contributed by atoms with Gasteiger partial charge in [-0.3, -0.25) is 14.4 Å². The molecule has 4 N–H and O–H groups in total. The molecule has 0 radical (unpaired) electrons. The maximum absolute atomic E-state index is 12.6. The summed E-state index contributed by atoms with van der Waals surface area (Å²) in [7, 11) is -1.20. The molecule has 1 aromatic heterocycles. The van der Waals surface area contributed by atoms with E-state index in [1.165, 1.54) is 17.8 Å². The number of nitrogens with two attached hydrogens (primary N) is 1. The zero-order valence-corrected chi connectivity index (χ0v) is 18.5. The lowest BCUT2D eigenvalue weighted by molar-refractivity contribution is -0.120. The third kappa shape index (κ3) is 5.60. The van der Waals surface area contributed by atoms with Crippen LogP contribution in [0.15, 0.2) is 24.4 Å². The van der Waals surface area contributed by atoms with E-state index < -0.39 is 12.9 Å². The van der Waals surface area contributed by atoms with Gasteiger partial charge in [-0.25, -0.2) is 4.68 Å². The van der Waals surface area contributed by atoms with Gasteiger partial charge < -0.3 is 20.7 Å². The lowest BCUT2D eigenvalue weighted by Crippen LogP contribution is -2.38. The minimum atomic E-state index is -1.20. The molecule has 10 nitrogen and oxygen atoms in total. The first-order valence-electron chi connectivity index (χ1n) is 10.5. The number of benzene rings is 1. The number of amides is 1. The van der Waals surface area contributed by atoms with Crippen molar-refractivity contribution in [3.8, 4) is 5.75 Å². The van der Waals surface area contributed by atoms with Gasteiger partial charge in [0.25, 0.3) is 5.91 Å². The van der Waals surface area contributed by atoms with Gasteiger partial charge in [-0.1, -0.05) is 31.2 Å². The number of carbonyl (C=O) groups excluding carboxylic acids is 3. The van der Waals surface area contributed by atoms with Crippen LogP contribution >= 0.6 is 0 Å². The summed E-state index contributed by atoms with van der Waals surface area (Å²) < 4.78 is 6.87. The highest BCUT2D eigenvalue weighted by Crippen LogP contribution is 2.36. The van der Waals surface area contributed by atoms with Gasteiger partial charge in [0.05, 0.1) is 11.8 Å². The minimum Gasteiger partial charge on any atom is -0.535 e. The van der Waals surface area contributed by atoms with Gasteiger partial charge in [0.15, 0.2) is 17.3 Å². The summed E-state index contributed by atoms with van der Waals surface area (Å²) >= 11 is 0. The number of fused-ring (bicyclic) bond motifs is 1. The molecule has 2 aromatic rings. The van der Waals surface area contributed by atoms with E-state index in [1.807, 2.05) is 19.9 Å². The van der Waals surface area contributed by atoms with Crippen LogP contribution in [0.3, 0.4) is 0 Å². The molecule has 0 saturated heterocycles. The van der Waals surface area contributed by atoms with Crippen LogP contribution in [0.5, 0.6) is 5.75 Å². The fourth-order valence-corrected chi connectivity index (χ4v) is 3.43. The van der Waals surface area contributed by atoms with E-state index in [2.05, 4.69) is 15.6 Å². The Hall–Kier alpha value is -3.05. The smallest absolute Gasteiger partial charge is 0.526 e. The van der Waals surface area contributed by atoms with E-state index in [0.29, 0.717) is 30.8 Å². The van der Waals surface area contributed by atoms with Gasteiger partial charge in [0.2, 0.25) is 0 Å². The number of hydrogen-bond donors (Lipinski definition) is 3. The molecule has 0 unspecified atom stereocenters. The number of Topliss-reactive ketones (excluding diaryl/α,β-unsaturated/α-hetero) is 2. The number of nitrogens with one attached hydrogen (secondary N) is 1. The quantitative estimate of drug-likeness (QED) is 0.379. The molecule has 0 bridgehead atoms. The molecule has 11 heteroatoms. The van der Waals surface area contributed by atoms with E-state index in [0.717, 1.165) is 5.56 Å². The standard InChI is InChI=1S/C21H28BN5O5/c1-13(28)17-6-4-5-14-7-15(22(31)32-19(14)17)8-16(29)9-27-10-18(25-26-27)20(30)24-12-21(2,3)11-23/h4-6,10,15,31H,7-9,11-12,23H2,1-3H3,(H,24,30)/t15-/m1/s1. The molecule has 1 amide bonds. The fraction of sp³-hybridized carbons (Fsp3) is 0.476. The molecular formula is C21H28BN5O5. The Morgan fingerprint density at radius 3 is 2.81 bits per heavy atom. The molecule has 170 valence electrons. The first-order valence-corrected chi connectivity index (χ1v) is 10.5. The first kappa shape index (κ1) is 23.6. The van der Waals surface area contributed by atoms with Crippen LogP contribution in [-0.2, 0) is 17.8 Å². The number of carbonyl (C=O) groups is 3. The molecule has 1 atom stereocenters. The molecule has 0 spiro atoms. The average Bonchev–Trinajstić information content (AvgIpc) is 3.20. The van der Waals surface area contributed by atoms with Crippen LogP contribution in [0.1, 0.15) is 53.6 Å². The van der Waals surface area contributed by atoms with Crippen molar-refractivity contribution in [2.45, 2.75) is 46.0 Å². The molecule has 0 saturated carbocycles. The second-order valence-corrected chi connectivity index (χ2v) is 8.92. The second-order valence-electron chi connectivity index (χ2n) is 8.92. The number of nitrogens with zero attached hydrogens (tertiary/aromatic N) is 3. The number of rotatable bonds is 9. The zero-order valence-electron chi connectivity index (χ0n) is 18.5. The predicted octanol–water partition coefficient (Wildman–Crippen LogP) is 0.640. The van der Waals surface area contributed by atoms with Gasteiger partial charge in [-0.2, -0.15) is 0 Å². The molecule has 32 heavy (non-hydrogen) atoms. The molecule has 0 fully saturated rings. The Labute approximate surface area is 186 Å². The van der Waals surface area contributed by atoms with Crippen LogP contribution in [0.4, 0.5) is 0 Å². The van der Waals surface area contributed by atoms with E-state index in [-0.39, 0.29) is 41.5 Å². The van der Waals surface area contributed by atoms with E-state index >= 15 is 0 Å². The Morgan fingerprint density at radius 1 is 1.38 bits per heavy atom. The Bertz CT molecular complexity index is 1020. The number of aromatic nitrogens is 3. The van der Waals surface area contributed by atoms with Crippen molar-refractivity contribution < 1.29 is 24.1 Å². The first-order chi connectivity index (χ1) is 15.1. The van der Waals surface area contributed by atoms with Gasteiger partial charge in [0, 0.05) is 18.8 Å². The third-order valence-corrected chi connectivity index (χ3v) is 5.48. The van der Waals surface area contributed by atoms with Crippen LogP contribution in [0.2, 0.25) is 5.82 Å². The molecule has 2 heterocycles. The highest BCUT2D eigenvalue weighted by Gasteiger charge is 2.37. The fourth-order valence-electron chi connectivity index (χ4n) is 3.43. The molecule has 1 aliphatic rings. The maximum atomic E-state index is 12.6. The maximum Gasteiger partial charge on any atom is 0.526 e. The second kappa shape index (κ2) is 9.62. The molecular weight excluding hydrogens is 413 g/mol. The number of ketones is 2. The summed E-state index contributed by atoms with van der Waals surface area (Å²) in [6.07, 6.45) is 1.87. The molecule has 3 rings (SSSR count). The number of hydrogen-bond acceptors (Lipinski definition) is 8. The van der Waals surface area contributed by atoms with Crippen molar-refractivity contribution in [3.63, 3.8) is 0 Å². The largest absolute Gasteiger partial charge is 0.535 e. The SMILES string of the molecule is CC(=O)c1cccc2c1OB(O)[C@@H](CC(=O)Cn1cc(C(=O)NCC(C)(C)CN)nn1)C2. The predicted molar refractivity (Wildman–Crippen MR) is 117 cm³/mol. The van der Waals surface area contributed by atoms with Gasteiger partial charge in [-0.05, 0) is 36.9 Å². The summed E-state index contributed by atoms with van der Waals surface area (Å²) in [6.45, 7) is 6.04. The van der Waals surface area contributed by atoms with E-state index in [1.54, 1.807) is 12.1 Å². The van der Waals surface area contributed by atoms with Crippen LogP contribution < -0.4 is 15.7 Å². The van der Waals surface area contributed by atoms with Crippen molar-refractivity contribution in [3.05, 3.63) is 41.2 Å². The van der Waals surface area contributed by atoms with Crippen molar-refractivity contribution in [2.75, 3.05) is 13.1 Å². The van der Waals surface area contributed by atoms with Crippen molar-refractivity contribution in [1.29, 1.82) is 0 Å². The Kier molecular flexibility index (Phi) is 7.10. The van der Waals surface area contributed by atoms with Gasteiger partial charge >= 0.3 is 7.12 Å². The highest BCUT2D eigenvalue weighted by molar-refractivity contribution is 6.47. The van der Waals surface area contributed by atoms with Crippen molar-refractivity contribution >= 4 is 24.6 Å². The lowest BCUT2D eigenvalue weighted by atomic mass is 9.64. The topological polar surface area (TPSA) is 149 Å². The normalized spacial score (nSPS) is 15.7. The van der Waals surface area contributed by atoms with Gasteiger partial charge in [0.1, 0.15) is 12.3 Å². The van der Waals surface area contributed by atoms with E-state index in [9.17, 15) is 19.4 Å². The van der Waals surface area contributed by atoms with Crippen molar-refractivity contribution in [2.24, 2.45) is 11.1 Å². The number of para-hydroxylation sites is 1. The third-order valence-electron chi connectivity index (χ3n) is 5.48. The summed E-state index contributed by atoms with van der Waals surface area (Å²) in [5, 5.41) is 20.8. The van der Waals surface area contributed by atoms with Crippen molar-refractivity contribution in [1.82, 2.24) is 20.3 Å². The summed E-state index contributed by atoms with van der Waals surface area (Å²) in [5.41, 5.74) is 6.72. The summed E-state index contributed by atoms with van der Waals surface area (Å²) in [6, 6.07) is 5.22.